The van der Waals surface area contributed by atoms with Crippen molar-refractivity contribution in [1.29, 1.82) is 0 Å². The van der Waals surface area contributed by atoms with Crippen molar-refractivity contribution in [2.75, 3.05) is 44.5 Å². The van der Waals surface area contributed by atoms with E-state index in [0.717, 1.165) is 21.7 Å². The molecule has 1 saturated heterocycles. The molecule has 1 unspecified atom stereocenters. The number of ether oxygens (including phenoxy) is 4. The Hall–Kier alpha value is -4.45. The van der Waals surface area contributed by atoms with Crippen molar-refractivity contribution in [2.45, 2.75) is 108 Å². The number of methoxy groups -OCH3 is 1. The molecule has 17 heteroatoms. The number of carbonyl (C=O) groups excluding carboxylic acids is 4. The highest BCUT2D eigenvalue weighted by Crippen LogP contribution is 2.41. The van der Waals surface area contributed by atoms with Crippen molar-refractivity contribution in [3.05, 3.63) is 59.2 Å². The Morgan fingerprint density at radius 3 is 2.44 bits per heavy atom. The molecule has 59 heavy (non-hydrogen) atoms. The van der Waals surface area contributed by atoms with Crippen LogP contribution >= 0.6 is 23.1 Å². The minimum atomic E-state index is -2.02. The standard InChI is InChI=1S/C42H56FN5O9S2/c1-26-34(58-25-45-26)28-11-9-27(10-12-28)23-44-36(50)32-21-29(49)24-48(32)37(51)35(47-38(52)42(43)15-16-42)41(5,6)59-20-8-17-55-18-19-56-30-13-14-31(33(22-30)54-7)46-39(53)57-40(2,3)4/h9-14,22,25,29,32,35,49H,8,15-21,23-24H2,1-7H3,(H,44,50)(H,46,53)(H,47,52)/t29-,32+,35?/m1/s1. The van der Waals surface area contributed by atoms with Crippen molar-refractivity contribution in [1.82, 2.24) is 20.5 Å². The number of nitrogens with one attached hydrogen (secondary N) is 3. The van der Waals surface area contributed by atoms with E-state index in [1.165, 1.54) is 23.8 Å². The van der Waals surface area contributed by atoms with Crippen molar-refractivity contribution in [3.63, 3.8) is 0 Å². The molecule has 2 aliphatic rings. The van der Waals surface area contributed by atoms with Crippen LogP contribution in [-0.2, 0) is 30.4 Å². The van der Waals surface area contributed by atoms with Gasteiger partial charge in [0, 0.05) is 36.9 Å². The first-order valence-corrected chi connectivity index (χ1v) is 21.5. The molecule has 2 fully saturated rings. The summed E-state index contributed by atoms with van der Waals surface area (Å²) in [4.78, 5) is 59.7. The van der Waals surface area contributed by atoms with Crippen LogP contribution in [0.3, 0.4) is 0 Å². The van der Waals surface area contributed by atoms with E-state index in [2.05, 4.69) is 20.9 Å². The Kier molecular flexibility index (Phi) is 15.3. The lowest BCUT2D eigenvalue weighted by Crippen LogP contribution is -2.61. The van der Waals surface area contributed by atoms with Crippen molar-refractivity contribution in [2.24, 2.45) is 0 Å². The van der Waals surface area contributed by atoms with Gasteiger partial charge in [-0.2, -0.15) is 11.8 Å². The number of thioether (sulfide) groups is 1. The number of thiazole rings is 1. The number of amides is 4. The average molecular weight is 858 g/mol. The van der Waals surface area contributed by atoms with Crippen molar-refractivity contribution in [3.8, 4) is 21.9 Å². The van der Waals surface area contributed by atoms with Gasteiger partial charge in [0.2, 0.25) is 11.8 Å². The predicted molar refractivity (Wildman–Crippen MR) is 226 cm³/mol. The van der Waals surface area contributed by atoms with Gasteiger partial charge in [-0.05, 0) is 89.8 Å². The Bertz CT molecular complexity index is 1930. The van der Waals surface area contributed by atoms with E-state index in [-0.39, 0.29) is 39.0 Å². The maximum absolute atomic E-state index is 14.9. The van der Waals surface area contributed by atoms with Gasteiger partial charge in [0.05, 0.1) is 41.6 Å². The lowest BCUT2D eigenvalue weighted by Gasteiger charge is -2.37. The highest BCUT2D eigenvalue weighted by molar-refractivity contribution is 8.00. The molecule has 2 aromatic carbocycles. The minimum absolute atomic E-state index is 0.0354. The molecule has 4 amide bonds. The molecular weight excluding hydrogens is 802 g/mol. The molecular formula is C42H56FN5O9S2. The third-order valence-electron chi connectivity index (χ3n) is 9.82. The molecule has 0 bridgehead atoms. The largest absolute Gasteiger partial charge is 0.494 e. The number of alkyl halides is 1. The summed E-state index contributed by atoms with van der Waals surface area (Å²) in [5, 5.41) is 18.9. The highest BCUT2D eigenvalue weighted by atomic mass is 32.2. The number of β-amino-alcohol motifs (C(OH)–C–C–N with tert-alkyl or cyclic N) is 1. The topological polar surface area (TPSA) is 178 Å². The monoisotopic (exact) mass is 857 g/mol. The second kappa shape index (κ2) is 19.7. The normalized spacial score (nSPS) is 17.8. The molecule has 3 atom stereocenters. The van der Waals surface area contributed by atoms with Gasteiger partial charge >= 0.3 is 6.09 Å². The van der Waals surface area contributed by atoms with E-state index < -0.39 is 58.0 Å². The molecule has 1 aromatic heterocycles. The summed E-state index contributed by atoms with van der Waals surface area (Å²) in [7, 11) is 1.49. The summed E-state index contributed by atoms with van der Waals surface area (Å²) in [5.41, 5.74) is 2.40. The third kappa shape index (κ3) is 12.8. The molecule has 3 aromatic rings. The average Bonchev–Trinajstić information content (AvgIpc) is 3.59. The van der Waals surface area contributed by atoms with Crippen molar-refractivity contribution < 1.29 is 47.6 Å². The SMILES string of the molecule is COc1cc(OCCOCCCSC(C)(C)C(NC(=O)C2(F)CC2)C(=O)N2C[C@H](O)C[C@H]2C(=O)NCc2ccc(-c3scnc3C)cc2)ccc1NC(=O)OC(C)(C)C. The van der Waals surface area contributed by atoms with E-state index in [1.54, 1.807) is 69.7 Å². The molecule has 1 saturated carbocycles. The van der Waals surface area contributed by atoms with Crippen LogP contribution in [0, 0.1) is 6.92 Å². The second-order valence-corrected chi connectivity index (χ2v) is 18.8. The van der Waals surface area contributed by atoms with Crippen LogP contribution in [0.2, 0.25) is 0 Å². The zero-order valence-corrected chi connectivity index (χ0v) is 36.4. The second-order valence-electron chi connectivity index (χ2n) is 16.2. The first-order valence-electron chi connectivity index (χ1n) is 19.7. The number of anilines is 1. The van der Waals surface area contributed by atoms with Gasteiger partial charge in [0.1, 0.15) is 35.8 Å². The van der Waals surface area contributed by atoms with Crippen LogP contribution in [0.5, 0.6) is 11.5 Å². The summed E-state index contributed by atoms with van der Waals surface area (Å²) < 4.78 is 36.3. The number of aryl methyl sites for hydroxylation is 1. The lowest BCUT2D eigenvalue weighted by atomic mass is 10.00. The van der Waals surface area contributed by atoms with Gasteiger partial charge in [0.25, 0.3) is 5.91 Å². The Labute approximate surface area is 353 Å². The van der Waals surface area contributed by atoms with Crippen LogP contribution in [0.25, 0.3) is 10.4 Å². The molecule has 0 spiro atoms. The number of carbonyl (C=O) groups is 4. The van der Waals surface area contributed by atoms with Gasteiger partial charge in [-0.1, -0.05) is 24.3 Å². The number of benzene rings is 2. The number of hydrogen-bond acceptors (Lipinski definition) is 12. The number of nitrogens with zero attached hydrogens (tertiary/aromatic N) is 2. The fourth-order valence-corrected chi connectivity index (χ4v) is 8.37. The van der Waals surface area contributed by atoms with Gasteiger partial charge in [-0.15, -0.1) is 11.3 Å². The molecule has 0 radical (unpaired) electrons. The van der Waals surface area contributed by atoms with Crippen LogP contribution in [0.15, 0.2) is 48.0 Å². The lowest BCUT2D eigenvalue weighted by molar-refractivity contribution is -0.143. The molecule has 322 valence electrons. The van der Waals surface area contributed by atoms with Crippen LogP contribution in [0.1, 0.15) is 71.6 Å². The molecule has 4 N–H and O–H groups in total. The maximum atomic E-state index is 14.9. The van der Waals surface area contributed by atoms with E-state index in [0.29, 0.717) is 42.6 Å². The molecule has 2 heterocycles. The zero-order chi connectivity index (χ0) is 43.0. The molecule has 1 aliphatic carbocycles. The number of hydrogen-bond donors (Lipinski definition) is 4. The smallest absolute Gasteiger partial charge is 0.412 e. The summed E-state index contributed by atoms with van der Waals surface area (Å²) >= 11 is 2.98. The summed E-state index contributed by atoms with van der Waals surface area (Å²) in [5.74, 6) is -0.359. The number of aromatic nitrogens is 1. The van der Waals surface area contributed by atoms with Crippen LogP contribution in [-0.4, -0.2) is 112 Å². The molecule has 14 nitrogen and oxygen atoms in total. The predicted octanol–water partition coefficient (Wildman–Crippen LogP) is 6.04. The fourth-order valence-electron chi connectivity index (χ4n) is 6.44. The van der Waals surface area contributed by atoms with E-state index >= 15 is 0 Å². The van der Waals surface area contributed by atoms with Gasteiger partial charge < -0.3 is 39.6 Å². The van der Waals surface area contributed by atoms with Crippen molar-refractivity contribution >= 4 is 52.6 Å². The van der Waals surface area contributed by atoms with Gasteiger partial charge in [-0.25, -0.2) is 14.2 Å². The van der Waals surface area contributed by atoms with E-state index in [1.807, 2.05) is 31.2 Å². The Morgan fingerprint density at radius 2 is 1.80 bits per heavy atom. The first kappa shape index (κ1) is 45.6. The number of rotatable bonds is 19. The molecule has 1 aliphatic heterocycles. The van der Waals surface area contributed by atoms with Gasteiger partial charge in [-0.3, -0.25) is 19.7 Å². The number of aliphatic hydroxyl groups is 1. The quantitative estimate of drug-likeness (QED) is 0.104. The van der Waals surface area contributed by atoms with Crippen LogP contribution in [0.4, 0.5) is 14.9 Å². The Balaban J connectivity index is 1.11. The maximum Gasteiger partial charge on any atom is 0.412 e. The van der Waals surface area contributed by atoms with Crippen LogP contribution < -0.4 is 25.4 Å². The zero-order valence-electron chi connectivity index (χ0n) is 34.7. The van der Waals surface area contributed by atoms with E-state index in [9.17, 15) is 28.7 Å². The Morgan fingerprint density at radius 1 is 1.07 bits per heavy atom. The fraction of sp³-hybridized carbons (Fsp3) is 0.548. The number of halogens is 1. The van der Waals surface area contributed by atoms with Gasteiger partial charge in [0.15, 0.2) is 5.67 Å². The number of likely N-dealkylation sites (tertiary alicyclic amines) is 1. The molecule has 5 rings (SSSR count). The number of aliphatic hydroxyl groups excluding tert-OH is 1. The highest BCUT2D eigenvalue weighted by Gasteiger charge is 2.54. The minimum Gasteiger partial charge on any atom is -0.494 e. The van der Waals surface area contributed by atoms with E-state index in [4.69, 9.17) is 18.9 Å². The summed E-state index contributed by atoms with van der Waals surface area (Å²) in [6, 6.07) is 10.6. The third-order valence-corrected chi connectivity index (χ3v) is 12.3. The summed E-state index contributed by atoms with van der Waals surface area (Å²) in [6.45, 7) is 11.9. The first-order chi connectivity index (χ1) is 27.9. The summed E-state index contributed by atoms with van der Waals surface area (Å²) in [6.07, 6.45) is -0.743.